The van der Waals surface area contributed by atoms with Gasteiger partial charge in [0, 0.05) is 23.4 Å². The highest BCUT2D eigenvalue weighted by atomic mass is 16.6. The zero-order valence-corrected chi connectivity index (χ0v) is 7.89. The molecular weight excluding hydrogens is 208 g/mol. The van der Waals surface area contributed by atoms with Gasteiger partial charge in [-0.25, -0.2) is 0 Å². The molecule has 0 aliphatic rings. The Bertz CT molecular complexity index is 669. The number of aromatic nitrogens is 2. The van der Waals surface area contributed by atoms with Crippen molar-refractivity contribution in [3.63, 3.8) is 0 Å². The van der Waals surface area contributed by atoms with Crippen LogP contribution >= 0.6 is 0 Å². The number of fused-ring (bicyclic) bond motifs is 1. The molecule has 1 N–H and O–H groups in total. The van der Waals surface area contributed by atoms with Crippen molar-refractivity contribution < 1.29 is 4.92 Å². The first kappa shape index (κ1) is 9.69. The number of nitriles is 1. The molecule has 0 saturated carbocycles. The number of nitro groups is 1. The van der Waals surface area contributed by atoms with Crippen LogP contribution in [0, 0.1) is 33.3 Å². The summed E-state index contributed by atoms with van der Waals surface area (Å²) in [6.45, 7) is 0. The molecule has 0 atom stereocenters. The minimum Gasteiger partial charge on any atom is -0.269 e. The Labute approximate surface area is 89.6 Å². The van der Waals surface area contributed by atoms with Crippen molar-refractivity contribution in [2.24, 2.45) is 0 Å². The highest BCUT2D eigenvalue weighted by molar-refractivity contribution is 5.85. The number of nitro benzene ring substituents is 1. The van der Waals surface area contributed by atoms with E-state index in [-0.39, 0.29) is 5.69 Å². The van der Waals surface area contributed by atoms with Gasteiger partial charge in [-0.3, -0.25) is 15.2 Å². The van der Waals surface area contributed by atoms with Gasteiger partial charge in [0.1, 0.15) is 11.2 Å². The molecule has 0 amide bonds. The second kappa shape index (κ2) is 3.71. The fourth-order valence-corrected chi connectivity index (χ4v) is 1.30. The Balaban J connectivity index is 2.60. The highest BCUT2D eigenvalue weighted by Crippen LogP contribution is 2.20. The lowest BCUT2D eigenvalue weighted by Crippen LogP contribution is -1.86. The van der Waals surface area contributed by atoms with Crippen LogP contribution in [0.15, 0.2) is 18.2 Å². The summed E-state index contributed by atoms with van der Waals surface area (Å²) in [6.07, 6.45) is 0. The summed E-state index contributed by atoms with van der Waals surface area (Å²) < 4.78 is 0. The number of non-ortho nitro benzene ring substituents is 1. The lowest BCUT2D eigenvalue weighted by atomic mass is 10.2. The number of aromatic amines is 1. The molecule has 0 aliphatic heterocycles. The first-order valence-electron chi connectivity index (χ1n) is 4.25. The molecule has 0 unspecified atom stereocenters. The van der Waals surface area contributed by atoms with Gasteiger partial charge >= 0.3 is 0 Å². The molecular formula is C10H4N4O2. The molecule has 76 valence electrons. The lowest BCUT2D eigenvalue weighted by Gasteiger charge is -1.90. The van der Waals surface area contributed by atoms with E-state index in [1.165, 1.54) is 12.1 Å². The third-order valence-corrected chi connectivity index (χ3v) is 1.99. The van der Waals surface area contributed by atoms with Crippen LogP contribution in [0.2, 0.25) is 0 Å². The molecule has 2 rings (SSSR count). The molecule has 6 heteroatoms. The van der Waals surface area contributed by atoms with E-state index in [0.717, 1.165) is 0 Å². The Kier molecular flexibility index (Phi) is 2.25. The fraction of sp³-hybridized carbons (Fsp3) is 0. The molecule has 16 heavy (non-hydrogen) atoms. The van der Waals surface area contributed by atoms with E-state index in [1.54, 1.807) is 12.1 Å². The van der Waals surface area contributed by atoms with Crippen LogP contribution in [0.4, 0.5) is 5.69 Å². The fourth-order valence-electron chi connectivity index (χ4n) is 1.30. The maximum Gasteiger partial charge on any atom is 0.271 e. The molecule has 0 radical (unpaired) electrons. The zero-order chi connectivity index (χ0) is 11.5. The number of nitrogens with one attached hydrogen (secondary N) is 1. The van der Waals surface area contributed by atoms with Crippen molar-refractivity contribution in [3.05, 3.63) is 34.0 Å². The van der Waals surface area contributed by atoms with Crippen molar-refractivity contribution >= 4 is 16.6 Å². The van der Waals surface area contributed by atoms with Crippen LogP contribution in [-0.4, -0.2) is 15.1 Å². The van der Waals surface area contributed by atoms with Crippen molar-refractivity contribution in [1.82, 2.24) is 10.2 Å². The van der Waals surface area contributed by atoms with Gasteiger partial charge in [0.2, 0.25) is 0 Å². The van der Waals surface area contributed by atoms with E-state index in [4.69, 9.17) is 5.26 Å². The molecule has 1 aromatic heterocycles. The van der Waals surface area contributed by atoms with E-state index in [2.05, 4.69) is 22.0 Å². The van der Waals surface area contributed by atoms with Crippen LogP contribution in [0.1, 0.15) is 5.69 Å². The standard InChI is InChI=1S/C10H4N4O2/c11-5-1-2-9-8-4-3-7(14(15)16)6-10(8)13-12-9/h3-4,6H,(H,12,13). The van der Waals surface area contributed by atoms with E-state index in [0.29, 0.717) is 16.6 Å². The number of rotatable bonds is 1. The van der Waals surface area contributed by atoms with E-state index in [9.17, 15) is 10.1 Å². The van der Waals surface area contributed by atoms with Crippen LogP contribution in [0.3, 0.4) is 0 Å². The molecule has 0 fully saturated rings. The molecule has 1 heterocycles. The summed E-state index contributed by atoms with van der Waals surface area (Å²) in [5.74, 6) is 4.80. The molecule has 2 aromatic rings. The predicted molar refractivity (Wildman–Crippen MR) is 55.2 cm³/mol. The average molecular weight is 212 g/mol. The van der Waals surface area contributed by atoms with Crippen molar-refractivity contribution in [3.8, 4) is 17.9 Å². The predicted octanol–water partition coefficient (Wildman–Crippen LogP) is 1.35. The summed E-state index contributed by atoms with van der Waals surface area (Å²) >= 11 is 0. The second-order valence-electron chi connectivity index (χ2n) is 2.92. The zero-order valence-electron chi connectivity index (χ0n) is 7.89. The Morgan fingerprint density at radius 1 is 1.50 bits per heavy atom. The van der Waals surface area contributed by atoms with Gasteiger partial charge in [-0.05, 0) is 12.0 Å². The largest absolute Gasteiger partial charge is 0.271 e. The van der Waals surface area contributed by atoms with Crippen LogP contribution < -0.4 is 0 Å². The topological polar surface area (TPSA) is 95.6 Å². The van der Waals surface area contributed by atoms with Gasteiger partial charge in [0.15, 0.2) is 6.07 Å². The Morgan fingerprint density at radius 3 is 3.00 bits per heavy atom. The van der Waals surface area contributed by atoms with Gasteiger partial charge in [-0.2, -0.15) is 10.4 Å². The van der Waals surface area contributed by atoms with Crippen LogP contribution in [0.25, 0.3) is 10.9 Å². The molecule has 0 aliphatic carbocycles. The first-order valence-corrected chi connectivity index (χ1v) is 4.25. The minimum atomic E-state index is -0.491. The van der Waals surface area contributed by atoms with E-state index in [1.807, 2.05) is 0 Å². The summed E-state index contributed by atoms with van der Waals surface area (Å²) in [4.78, 5) is 10.0. The molecule has 0 saturated heterocycles. The maximum absolute atomic E-state index is 10.5. The van der Waals surface area contributed by atoms with Crippen molar-refractivity contribution in [1.29, 1.82) is 5.26 Å². The van der Waals surface area contributed by atoms with Gasteiger partial charge in [0.25, 0.3) is 5.69 Å². The third-order valence-electron chi connectivity index (χ3n) is 1.99. The Hall–Kier alpha value is -2.86. The lowest BCUT2D eigenvalue weighted by molar-refractivity contribution is -0.384. The number of hydrogen-bond acceptors (Lipinski definition) is 4. The van der Waals surface area contributed by atoms with Crippen molar-refractivity contribution in [2.75, 3.05) is 0 Å². The summed E-state index contributed by atoms with van der Waals surface area (Å²) in [6, 6.07) is 5.96. The summed E-state index contributed by atoms with van der Waals surface area (Å²) in [5.41, 5.74) is 0.904. The van der Waals surface area contributed by atoms with Crippen LogP contribution in [0.5, 0.6) is 0 Å². The minimum absolute atomic E-state index is 0.0289. The molecule has 0 spiro atoms. The SMILES string of the molecule is N#CC#Cc1[nH]nc2cc([N+](=O)[O-])ccc12. The van der Waals surface area contributed by atoms with Gasteiger partial charge < -0.3 is 0 Å². The third kappa shape index (κ3) is 1.56. The number of nitrogens with zero attached hydrogens (tertiary/aromatic N) is 3. The van der Waals surface area contributed by atoms with Gasteiger partial charge in [-0.15, -0.1) is 0 Å². The maximum atomic E-state index is 10.5. The molecule has 1 aromatic carbocycles. The summed E-state index contributed by atoms with van der Waals surface area (Å²) in [5, 5.41) is 26.0. The number of hydrogen-bond donors (Lipinski definition) is 1. The quantitative estimate of drug-likeness (QED) is 0.438. The Morgan fingerprint density at radius 2 is 2.31 bits per heavy atom. The normalized spacial score (nSPS) is 9.19. The molecule has 0 bridgehead atoms. The van der Waals surface area contributed by atoms with Gasteiger partial charge in [-0.1, -0.05) is 0 Å². The monoisotopic (exact) mass is 212 g/mol. The van der Waals surface area contributed by atoms with Crippen molar-refractivity contribution in [2.45, 2.75) is 0 Å². The van der Waals surface area contributed by atoms with E-state index >= 15 is 0 Å². The van der Waals surface area contributed by atoms with Crippen LogP contribution in [-0.2, 0) is 0 Å². The average Bonchev–Trinajstić information content (AvgIpc) is 2.68. The number of benzene rings is 1. The van der Waals surface area contributed by atoms with Gasteiger partial charge in [0.05, 0.1) is 4.92 Å². The molecule has 6 nitrogen and oxygen atoms in total. The highest BCUT2D eigenvalue weighted by Gasteiger charge is 2.09. The number of H-pyrrole nitrogens is 1. The second-order valence-corrected chi connectivity index (χ2v) is 2.92. The summed E-state index contributed by atoms with van der Waals surface area (Å²) in [7, 11) is 0. The smallest absolute Gasteiger partial charge is 0.269 e. The first-order chi connectivity index (χ1) is 7.72. The van der Waals surface area contributed by atoms with E-state index < -0.39 is 4.92 Å².